The second-order valence-corrected chi connectivity index (χ2v) is 5.30. The lowest BCUT2D eigenvalue weighted by atomic mass is 10.1. The second kappa shape index (κ2) is 6.50. The number of rotatable bonds is 4. The molecule has 0 radical (unpaired) electrons. The zero-order valence-corrected chi connectivity index (χ0v) is 11.5. The van der Waals surface area contributed by atoms with Crippen LogP contribution in [0.1, 0.15) is 18.9 Å². The Labute approximate surface area is 113 Å². The summed E-state index contributed by atoms with van der Waals surface area (Å²) in [6.45, 7) is 6.40. The molecule has 2 rings (SSSR count). The van der Waals surface area contributed by atoms with Gasteiger partial charge >= 0.3 is 0 Å². The molecule has 1 aliphatic rings. The summed E-state index contributed by atoms with van der Waals surface area (Å²) in [6.07, 6.45) is 1.66. The van der Waals surface area contributed by atoms with E-state index in [0.29, 0.717) is 23.0 Å². The Morgan fingerprint density at radius 2 is 2.33 bits per heavy atom. The molecule has 1 fully saturated rings. The fourth-order valence-corrected chi connectivity index (χ4v) is 2.70. The second-order valence-electron chi connectivity index (χ2n) is 4.89. The Hall–Kier alpha value is -0.640. The Kier molecular flexibility index (Phi) is 4.98. The summed E-state index contributed by atoms with van der Waals surface area (Å²) >= 11 is 6.02. The van der Waals surface area contributed by atoms with Gasteiger partial charge in [0.2, 0.25) is 0 Å². The molecule has 100 valence electrons. The summed E-state index contributed by atoms with van der Waals surface area (Å²) in [5, 5.41) is 3.91. The predicted octanol–water partition coefficient (Wildman–Crippen LogP) is 2.71. The third-order valence-electron chi connectivity index (χ3n) is 3.57. The highest BCUT2D eigenvalue weighted by molar-refractivity contribution is 6.31. The lowest BCUT2D eigenvalue weighted by molar-refractivity contribution is 0.172. The lowest BCUT2D eigenvalue weighted by Crippen LogP contribution is -2.49. The minimum Gasteiger partial charge on any atom is -0.314 e. The highest BCUT2D eigenvalue weighted by atomic mass is 35.5. The van der Waals surface area contributed by atoms with Gasteiger partial charge in [0.05, 0.1) is 0 Å². The monoisotopic (exact) mass is 270 g/mol. The van der Waals surface area contributed by atoms with Gasteiger partial charge in [-0.1, -0.05) is 17.7 Å². The fraction of sp³-hybridized carbons (Fsp3) is 0.571. The summed E-state index contributed by atoms with van der Waals surface area (Å²) in [5.74, 6) is -0.184. The van der Waals surface area contributed by atoms with Gasteiger partial charge in [0.25, 0.3) is 0 Å². The average Bonchev–Trinajstić information content (AvgIpc) is 2.35. The normalized spacial score (nSPS) is 21.2. The standard InChI is InChI=1S/C14H20ClFN2/c1-11-10-17-7-9-18(11)8-3-4-12-13(15)5-2-6-14(12)16/h2,5-6,11,17H,3-4,7-10H2,1H3. The predicted molar refractivity (Wildman–Crippen MR) is 73.6 cm³/mol. The van der Waals surface area contributed by atoms with Crippen LogP contribution in [-0.2, 0) is 6.42 Å². The van der Waals surface area contributed by atoms with E-state index in [0.717, 1.165) is 32.6 Å². The molecule has 0 spiro atoms. The molecule has 1 saturated heterocycles. The Morgan fingerprint density at radius 1 is 1.50 bits per heavy atom. The number of nitrogens with one attached hydrogen (secondary N) is 1. The Bertz CT molecular complexity index is 377. The highest BCUT2D eigenvalue weighted by Gasteiger charge is 2.17. The van der Waals surface area contributed by atoms with Gasteiger partial charge in [-0.15, -0.1) is 0 Å². The van der Waals surface area contributed by atoms with Crippen LogP contribution < -0.4 is 5.32 Å². The molecule has 1 unspecified atom stereocenters. The van der Waals surface area contributed by atoms with Gasteiger partial charge in [-0.2, -0.15) is 0 Å². The Morgan fingerprint density at radius 3 is 3.06 bits per heavy atom. The van der Waals surface area contributed by atoms with Crippen molar-refractivity contribution in [2.45, 2.75) is 25.8 Å². The first kappa shape index (κ1) is 13.8. The van der Waals surface area contributed by atoms with Gasteiger partial charge in [0, 0.05) is 36.3 Å². The van der Waals surface area contributed by atoms with Crippen LogP contribution >= 0.6 is 11.6 Å². The van der Waals surface area contributed by atoms with Gasteiger partial charge in [0.1, 0.15) is 5.82 Å². The zero-order valence-electron chi connectivity index (χ0n) is 10.8. The van der Waals surface area contributed by atoms with Crippen molar-refractivity contribution in [3.8, 4) is 0 Å². The van der Waals surface area contributed by atoms with Crippen LogP contribution in [0.4, 0.5) is 4.39 Å². The van der Waals surface area contributed by atoms with E-state index in [2.05, 4.69) is 17.1 Å². The molecule has 4 heteroatoms. The molecule has 0 aliphatic carbocycles. The molecule has 0 saturated carbocycles. The number of halogens is 2. The van der Waals surface area contributed by atoms with Crippen molar-refractivity contribution < 1.29 is 4.39 Å². The van der Waals surface area contributed by atoms with Gasteiger partial charge in [-0.05, 0) is 38.4 Å². The first-order chi connectivity index (χ1) is 8.68. The first-order valence-electron chi connectivity index (χ1n) is 6.56. The van der Waals surface area contributed by atoms with Crippen LogP contribution in [-0.4, -0.2) is 37.1 Å². The van der Waals surface area contributed by atoms with E-state index in [1.54, 1.807) is 12.1 Å². The maximum Gasteiger partial charge on any atom is 0.127 e. The minimum absolute atomic E-state index is 0.184. The van der Waals surface area contributed by atoms with Crippen LogP contribution in [0.3, 0.4) is 0 Å². The molecule has 18 heavy (non-hydrogen) atoms. The summed E-state index contributed by atoms with van der Waals surface area (Å²) in [4.78, 5) is 2.45. The van der Waals surface area contributed by atoms with E-state index >= 15 is 0 Å². The molecule has 1 N–H and O–H groups in total. The maximum absolute atomic E-state index is 13.6. The topological polar surface area (TPSA) is 15.3 Å². The summed E-state index contributed by atoms with van der Waals surface area (Å²) in [6, 6.07) is 5.46. The molecule has 1 aromatic carbocycles. The molecular weight excluding hydrogens is 251 g/mol. The van der Waals surface area contributed by atoms with Crippen molar-refractivity contribution in [3.63, 3.8) is 0 Å². The highest BCUT2D eigenvalue weighted by Crippen LogP contribution is 2.20. The van der Waals surface area contributed by atoms with Crippen LogP contribution in [0.5, 0.6) is 0 Å². The van der Waals surface area contributed by atoms with Crippen molar-refractivity contribution in [2.75, 3.05) is 26.2 Å². The summed E-state index contributed by atoms with van der Waals surface area (Å²) < 4.78 is 13.6. The quantitative estimate of drug-likeness (QED) is 0.905. The van der Waals surface area contributed by atoms with Crippen LogP contribution in [0.15, 0.2) is 18.2 Å². The largest absolute Gasteiger partial charge is 0.314 e. The number of hydrogen-bond acceptors (Lipinski definition) is 2. The Balaban J connectivity index is 1.84. The molecule has 1 aliphatic heterocycles. The van der Waals surface area contributed by atoms with E-state index in [9.17, 15) is 4.39 Å². The van der Waals surface area contributed by atoms with Crippen molar-refractivity contribution in [2.24, 2.45) is 0 Å². The molecule has 0 bridgehead atoms. The molecule has 0 amide bonds. The molecule has 1 heterocycles. The molecule has 1 aromatic rings. The lowest BCUT2D eigenvalue weighted by Gasteiger charge is -2.33. The third-order valence-corrected chi connectivity index (χ3v) is 3.93. The number of nitrogens with zero attached hydrogens (tertiary/aromatic N) is 1. The average molecular weight is 271 g/mol. The number of piperazine rings is 1. The third kappa shape index (κ3) is 3.44. The first-order valence-corrected chi connectivity index (χ1v) is 6.94. The van der Waals surface area contributed by atoms with Gasteiger partial charge in [0.15, 0.2) is 0 Å². The van der Waals surface area contributed by atoms with Crippen LogP contribution in [0.25, 0.3) is 0 Å². The van der Waals surface area contributed by atoms with Gasteiger partial charge in [-0.3, -0.25) is 4.90 Å². The summed E-state index contributed by atoms with van der Waals surface area (Å²) in [7, 11) is 0. The fourth-order valence-electron chi connectivity index (χ4n) is 2.45. The minimum atomic E-state index is -0.184. The molecule has 1 atom stereocenters. The zero-order chi connectivity index (χ0) is 13.0. The van der Waals surface area contributed by atoms with E-state index in [-0.39, 0.29) is 5.82 Å². The van der Waals surface area contributed by atoms with Crippen molar-refractivity contribution in [1.29, 1.82) is 0 Å². The van der Waals surface area contributed by atoms with Crippen LogP contribution in [0, 0.1) is 5.82 Å². The molecule has 2 nitrogen and oxygen atoms in total. The smallest absolute Gasteiger partial charge is 0.127 e. The van der Waals surface area contributed by atoms with Gasteiger partial charge < -0.3 is 5.32 Å². The van der Waals surface area contributed by atoms with Gasteiger partial charge in [-0.25, -0.2) is 4.39 Å². The molecular formula is C14H20ClFN2. The SMILES string of the molecule is CC1CNCCN1CCCc1c(F)cccc1Cl. The van der Waals surface area contributed by atoms with E-state index in [1.807, 2.05) is 0 Å². The van der Waals surface area contributed by atoms with Crippen LogP contribution in [0.2, 0.25) is 5.02 Å². The maximum atomic E-state index is 13.6. The van der Waals surface area contributed by atoms with E-state index in [1.165, 1.54) is 6.07 Å². The van der Waals surface area contributed by atoms with E-state index < -0.39 is 0 Å². The van der Waals surface area contributed by atoms with E-state index in [4.69, 9.17) is 11.6 Å². The van der Waals surface area contributed by atoms with Crippen molar-refractivity contribution in [3.05, 3.63) is 34.6 Å². The van der Waals surface area contributed by atoms with Crippen molar-refractivity contribution in [1.82, 2.24) is 10.2 Å². The van der Waals surface area contributed by atoms with Crippen molar-refractivity contribution >= 4 is 11.6 Å². The summed E-state index contributed by atoms with van der Waals surface area (Å²) in [5.41, 5.74) is 0.655. The molecule has 0 aromatic heterocycles. The number of benzene rings is 1. The number of hydrogen-bond donors (Lipinski definition) is 1.